The van der Waals surface area contributed by atoms with E-state index in [9.17, 15) is 4.79 Å². The van der Waals surface area contributed by atoms with Crippen molar-refractivity contribution in [1.82, 2.24) is 20.2 Å². The Kier molecular flexibility index (Phi) is 6.37. The molecule has 0 bridgehead atoms. The van der Waals surface area contributed by atoms with E-state index in [4.69, 9.17) is 4.74 Å². The predicted octanol–water partition coefficient (Wildman–Crippen LogP) is 2.73. The molecule has 1 aromatic carbocycles. The molecule has 1 N–H and O–H groups in total. The second-order valence-corrected chi connectivity index (χ2v) is 7.87. The van der Waals surface area contributed by atoms with Gasteiger partial charge in [0.15, 0.2) is 0 Å². The summed E-state index contributed by atoms with van der Waals surface area (Å²) in [4.78, 5) is 25.1. The van der Waals surface area contributed by atoms with Crippen molar-refractivity contribution in [2.24, 2.45) is 0 Å². The molecule has 29 heavy (non-hydrogen) atoms. The van der Waals surface area contributed by atoms with Gasteiger partial charge in [-0.05, 0) is 44.9 Å². The van der Waals surface area contributed by atoms with Crippen LogP contribution < -0.4 is 15.0 Å². The van der Waals surface area contributed by atoms with Gasteiger partial charge in [0.25, 0.3) is 5.91 Å². The van der Waals surface area contributed by atoms with Crippen LogP contribution in [-0.2, 0) is 0 Å². The molecule has 7 nitrogen and oxygen atoms in total. The molecule has 2 aromatic rings. The van der Waals surface area contributed by atoms with Gasteiger partial charge in [0.05, 0.1) is 7.11 Å². The number of nitrogens with zero attached hydrogens (tertiary/aromatic N) is 4. The van der Waals surface area contributed by atoms with Gasteiger partial charge in [-0.3, -0.25) is 4.79 Å². The third-order valence-corrected chi connectivity index (χ3v) is 5.55. The lowest BCUT2D eigenvalue weighted by atomic mass is 10.1. The molecule has 7 heteroatoms. The van der Waals surface area contributed by atoms with Crippen LogP contribution in [0.4, 0.5) is 5.82 Å². The first-order valence-electron chi connectivity index (χ1n) is 10.0. The van der Waals surface area contributed by atoms with Gasteiger partial charge in [-0.25, -0.2) is 9.97 Å². The molecule has 2 heterocycles. The fourth-order valence-electron chi connectivity index (χ4n) is 3.65. The van der Waals surface area contributed by atoms with E-state index in [2.05, 4.69) is 39.2 Å². The maximum atomic E-state index is 12.3. The van der Waals surface area contributed by atoms with E-state index >= 15 is 0 Å². The number of anilines is 1. The first kappa shape index (κ1) is 21.0. The standard InChI is InChI=1S/C22H31N5O2/c1-14-15(2)24-20(22(28)26(4)5)25-21(14)27-12-11-18(13-27)23-16(3)17-7-9-19(29-6)10-8-17/h7-10,16,18,23H,11-13H2,1-6H3/t16?,18-/m1/s1. The number of benzene rings is 1. The molecule has 3 rings (SSSR count). The summed E-state index contributed by atoms with van der Waals surface area (Å²) in [6.45, 7) is 7.89. The van der Waals surface area contributed by atoms with Gasteiger partial charge in [0.1, 0.15) is 11.6 Å². The summed E-state index contributed by atoms with van der Waals surface area (Å²) >= 11 is 0. The highest BCUT2D eigenvalue weighted by molar-refractivity contribution is 5.90. The molecule has 1 fully saturated rings. The molecule has 0 saturated carbocycles. The summed E-state index contributed by atoms with van der Waals surface area (Å²) < 4.78 is 5.24. The summed E-state index contributed by atoms with van der Waals surface area (Å²) in [7, 11) is 5.12. The Labute approximate surface area is 173 Å². The summed E-state index contributed by atoms with van der Waals surface area (Å²) in [6, 6.07) is 8.77. The number of hydrogen-bond donors (Lipinski definition) is 1. The maximum absolute atomic E-state index is 12.3. The van der Waals surface area contributed by atoms with E-state index in [1.165, 1.54) is 10.5 Å². The maximum Gasteiger partial charge on any atom is 0.291 e. The summed E-state index contributed by atoms with van der Waals surface area (Å²) in [5, 5.41) is 3.72. The molecule has 1 aliphatic rings. The lowest BCUT2D eigenvalue weighted by Crippen LogP contribution is -2.35. The Morgan fingerprint density at radius 3 is 2.55 bits per heavy atom. The van der Waals surface area contributed by atoms with Crippen LogP contribution in [0.2, 0.25) is 0 Å². The van der Waals surface area contributed by atoms with Crippen molar-refractivity contribution in [1.29, 1.82) is 0 Å². The number of carbonyl (C=O) groups excluding carboxylic acids is 1. The van der Waals surface area contributed by atoms with Gasteiger partial charge >= 0.3 is 0 Å². The van der Waals surface area contributed by atoms with Crippen molar-refractivity contribution in [3.63, 3.8) is 0 Å². The van der Waals surface area contributed by atoms with E-state index in [1.807, 2.05) is 26.0 Å². The van der Waals surface area contributed by atoms with Crippen LogP contribution in [0.5, 0.6) is 5.75 Å². The van der Waals surface area contributed by atoms with Crippen LogP contribution in [0.15, 0.2) is 24.3 Å². The highest BCUT2D eigenvalue weighted by atomic mass is 16.5. The molecular weight excluding hydrogens is 366 g/mol. The number of carbonyl (C=O) groups is 1. The number of methoxy groups -OCH3 is 1. The van der Waals surface area contributed by atoms with Crippen LogP contribution in [0.1, 0.15) is 46.8 Å². The number of rotatable bonds is 6. The van der Waals surface area contributed by atoms with Crippen molar-refractivity contribution >= 4 is 11.7 Å². The van der Waals surface area contributed by atoms with E-state index in [0.717, 1.165) is 42.3 Å². The SMILES string of the molecule is COc1ccc(C(C)N[C@@H]2CCN(c3nc(C(=O)N(C)C)nc(C)c3C)C2)cc1. The third-order valence-electron chi connectivity index (χ3n) is 5.55. The van der Waals surface area contributed by atoms with Crippen molar-refractivity contribution in [2.45, 2.75) is 39.3 Å². The number of aromatic nitrogens is 2. The molecule has 0 radical (unpaired) electrons. The molecule has 2 atom stereocenters. The van der Waals surface area contributed by atoms with Crippen LogP contribution in [-0.4, -0.2) is 61.1 Å². The number of ether oxygens (including phenoxy) is 1. The average Bonchev–Trinajstić information content (AvgIpc) is 3.17. The summed E-state index contributed by atoms with van der Waals surface area (Å²) in [5.41, 5.74) is 3.12. The molecule has 1 amide bonds. The second-order valence-electron chi connectivity index (χ2n) is 7.87. The topological polar surface area (TPSA) is 70.6 Å². The van der Waals surface area contributed by atoms with Crippen LogP contribution in [0.25, 0.3) is 0 Å². The smallest absolute Gasteiger partial charge is 0.291 e. The first-order valence-corrected chi connectivity index (χ1v) is 10.0. The molecule has 1 aromatic heterocycles. The molecule has 1 aliphatic heterocycles. The van der Waals surface area contributed by atoms with E-state index in [-0.39, 0.29) is 17.8 Å². The van der Waals surface area contributed by atoms with Gasteiger partial charge in [-0.15, -0.1) is 0 Å². The predicted molar refractivity (Wildman–Crippen MR) is 115 cm³/mol. The second kappa shape index (κ2) is 8.78. The lowest BCUT2D eigenvalue weighted by Gasteiger charge is -2.23. The van der Waals surface area contributed by atoms with Crippen molar-refractivity contribution < 1.29 is 9.53 Å². The van der Waals surface area contributed by atoms with E-state index in [1.54, 1.807) is 21.2 Å². The van der Waals surface area contributed by atoms with Crippen LogP contribution in [0, 0.1) is 13.8 Å². The zero-order valence-electron chi connectivity index (χ0n) is 18.2. The fourth-order valence-corrected chi connectivity index (χ4v) is 3.65. The Morgan fingerprint density at radius 2 is 1.93 bits per heavy atom. The molecule has 1 saturated heterocycles. The fraction of sp³-hybridized carbons (Fsp3) is 0.500. The number of aryl methyl sites for hydroxylation is 1. The Balaban J connectivity index is 1.71. The molecule has 156 valence electrons. The minimum absolute atomic E-state index is 0.170. The van der Waals surface area contributed by atoms with Crippen LogP contribution >= 0.6 is 0 Å². The van der Waals surface area contributed by atoms with Gasteiger partial charge < -0.3 is 19.9 Å². The molecule has 1 unspecified atom stereocenters. The molecule has 0 spiro atoms. The molecular formula is C22H31N5O2. The molecule has 0 aliphatic carbocycles. The van der Waals surface area contributed by atoms with Gasteiger partial charge in [-0.2, -0.15) is 0 Å². The minimum atomic E-state index is -0.170. The van der Waals surface area contributed by atoms with E-state index < -0.39 is 0 Å². The number of nitrogens with one attached hydrogen (secondary N) is 1. The Hall–Kier alpha value is -2.67. The highest BCUT2D eigenvalue weighted by Gasteiger charge is 2.27. The third kappa shape index (κ3) is 4.67. The highest BCUT2D eigenvalue weighted by Crippen LogP contribution is 2.26. The summed E-state index contributed by atoms with van der Waals surface area (Å²) in [6.07, 6.45) is 1.03. The van der Waals surface area contributed by atoms with Crippen molar-refractivity contribution in [2.75, 3.05) is 39.2 Å². The average molecular weight is 398 g/mol. The number of hydrogen-bond acceptors (Lipinski definition) is 6. The summed E-state index contributed by atoms with van der Waals surface area (Å²) in [5.74, 6) is 1.82. The lowest BCUT2D eigenvalue weighted by molar-refractivity contribution is 0.0815. The van der Waals surface area contributed by atoms with Gasteiger partial charge in [0.2, 0.25) is 5.82 Å². The quantitative estimate of drug-likeness (QED) is 0.808. The van der Waals surface area contributed by atoms with Gasteiger partial charge in [0, 0.05) is 50.5 Å². The largest absolute Gasteiger partial charge is 0.497 e. The Bertz CT molecular complexity index is 866. The zero-order valence-corrected chi connectivity index (χ0v) is 18.2. The first-order chi connectivity index (χ1) is 13.8. The van der Waals surface area contributed by atoms with Crippen molar-refractivity contribution in [3.8, 4) is 5.75 Å². The Morgan fingerprint density at radius 1 is 1.24 bits per heavy atom. The zero-order chi connectivity index (χ0) is 21.1. The van der Waals surface area contributed by atoms with E-state index in [0.29, 0.717) is 6.04 Å². The normalized spacial score (nSPS) is 17.3. The minimum Gasteiger partial charge on any atom is -0.497 e. The monoisotopic (exact) mass is 397 g/mol. The van der Waals surface area contributed by atoms with Gasteiger partial charge in [-0.1, -0.05) is 12.1 Å². The number of amides is 1. The van der Waals surface area contributed by atoms with Crippen LogP contribution in [0.3, 0.4) is 0 Å². The van der Waals surface area contributed by atoms with Crippen molar-refractivity contribution in [3.05, 3.63) is 46.9 Å².